The monoisotopic (exact) mass is 481 g/mol. The molecule has 2 aliphatic heterocycles. The molecule has 1 aromatic heterocycles. The number of allylic oxidation sites excluding steroid dienone is 1. The zero-order chi connectivity index (χ0) is 15.1. The maximum absolute atomic E-state index is 11.8. The minimum Gasteiger partial charge on any atom is -0.429 e. The molecule has 1 radical (unpaired) electrons. The molecule has 1 fully saturated rings. The minimum absolute atomic E-state index is 0. The SMILES string of the molecule is O=C1CCC(=O)N1c1nc2n(n1)[CH-]C=C(c1ccccc1)N2.[Re]. The maximum atomic E-state index is 11.8. The van der Waals surface area contributed by atoms with Gasteiger partial charge in [-0.2, -0.15) is 5.10 Å². The standard InChI is InChI=1S/C15H12N5O2.Re/c21-12-6-7-13(22)20(12)15-17-14-16-11(8-9-19(14)18-15)10-4-2-1-3-5-10;/h1-5,8-9H,6-7H2,(H,16,17,18);/q-1;. The van der Waals surface area contributed by atoms with Gasteiger partial charge in [-0.05, 0) is 0 Å². The molecule has 23 heavy (non-hydrogen) atoms. The van der Waals surface area contributed by atoms with Crippen molar-refractivity contribution in [2.24, 2.45) is 0 Å². The number of hydrogen-bond acceptors (Lipinski definition) is 5. The van der Waals surface area contributed by atoms with E-state index < -0.39 is 0 Å². The van der Waals surface area contributed by atoms with Crippen LogP contribution in [0, 0.1) is 6.54 Å². The summed E-state index contributed by atoms with van der Waals surface area (Å²) in [7, 11) is 0. The van der Waals surface area contributed by atoms with Crippen molar-refractivity contribution in [2.45, 2.75) is 12.8 Å². The normalized spacial score (nSPS) is 16.2. The van der Waals surface area contributed by atoms with Crippen LogP contribution in [0.15, 0.2) is 36.4 Å². The van der Waals surface area contributed by atoms with Crippen LogP contribution in [0.5, 0.6) is 0 Å². The second-order valence-electron chi connectivity index (χ2n) is 5.02. The molecule has 1 saturated heterocycles. The zero-order valence-electron chi connectivity index (χ0n) is 11.9. The molecule has 0 spiro atoms. The molecule has 2 aliphatic rings. The quantitative estimate of drug-likeness (QED) is 0.520. The first-order chi connectivity index (χ1) is 10.7. The largest absolute Gasteiger partial charge is 0.429 e. The second kappa shape index (κ2) is 5.99. The van der Waals surface area contributed by atoms with Crippen LogP contribution in [0.1, 0.15) is 18.4 Å². The Morgan fingerprint density at radius 2 is 1.78 bits per heavy atom. The molecule has 8 heteroatoms. The molecular formula is C15H12N5O2Re-. The number of aromatic nitrogens is 3. The van der Waals surface area contributed by atoms with Gasteiger partial charge in [-0.1, -0.05) is 48.1 Å². The third-order valence-electron chi connectivity index (χ3n) is 3.59. The van der Waals surface area contributed by atoms with Crippen LogP contribution < -0.4 is 10.2 Å². The van der Waals surface area contributed by atoms with E-state index in [0.29, 0.717) is 5.95 Å². The number of amides is 2. The van der Waals surface area contributed by atoms with E-state index in [1.807, 2.05) is 36.4 Å². The maximum Gasteiger partial charge on any atom is 0.245 e. The predicted octanol–water partition coefficient (Wildman–Crippen LogP) is 1.41. The summed E-state index contributed by atoms with van der Waals surface area (Å²) in [5, 5.41) is 7.35. The molecule has 7 nitrogen and oxygen atoms in total. The Bertz CT molecular complexity index is 783. The first kappa shape index (κ1) is 15.5. The summed E-state index contributed by atoms with van der Waals surface area (Å²) in [4.78, 5) is 28.8. The van der Waals surface area contributed by atoms with Crippen LogP contribution in [-0.4, -0.2) is 26.6 Å². The summed E-state index contributed by atoms with van der Waals surface area (Å²) in [6.07, 6.45) is 2.30. The van der Waals surface area contributed by atoms with Crippen LogP contribution in [0.25, 0.3) is 5.70 Å². The Balaban J connectivity index is 0.00000156. The van der Waals surface area contributed by atoms with Gasteiger partial charge in [-0.3, -0.25) is 9.59 Å². The molecular weight excluding hydrogens is 468 g/mol. The van der Waals surface area contributed by atoms with E-state index >= 15 is 0 Å². The molecule has 1 N–H and O–H groups in total. The Hall–Kier alpha value is -2.43. The fraction of sp³-hybridized carbons (Fsp3) is 0.133. The van der Waals surface area contributed by atoms with Crippen LogP contribution >= 0.6 is 0 Å². The van der Waals surface area contributed by atoms with E-state index in [4.69, 9.17) is 0 Å². The third kappa shape index (κ3) is 2.67. The smallest absolute Gasteiger partial charge is 0.245 e. The number of imide groups is 1. The fourth-order valence-corrected chi connectivity index (χ4v) is 2.49. The van der Waals surface area contributed by atoms with Crippen molar-refractivity contribution in [1.29, 1.82) is 0 Å². The molecule has 0 atom stereocenters. The number of nitrogens with one attached hydrogen (secondary N) is 1. The summed E-state index contributed by atoms with van der Waals surface area (Å²) in [6, 6.07) is 9.80. The first-order valence-corrected chi connectivity index (χ1v) is 6.92. The van der Waals surface area contributed by atoms with Gasteiger partial charge in [0, 0.05) is 33.3 Å². The van der Waals surface area contributed by atoms with Gasteiger partial charge in [0.05, 0.1) is 0 Å². The Labute approximate surface area is 146 Å². The summed E-state index contributed by atoms with van der Waals surface area (Å²) in [5.74, 6) is 0.0752. The Kier molecular flexibility index (Phi) is 4.03. The predicted molar refractivity (Wildman–Crippen MR) is 79.5 cm³/mol. The number of hydrogen-bond donors (Lipinski definition) is 1. The summed E-state index contributed by atoms with van der Waals surface area (Å²) >= 11 is 0. The number of carbonyl (C=O) groups is 2. The van der Waals surface area contributed by atoms with Crippen molar-refractivity contribution < 1.29 is 30.0 Å². The molecule has 2 amide bonds. The molecule has 2 aromatic rings. The molecule has 117 valence electrons. The van der Waals surface area contributed by atoms with Gasteiger partial charge in [-0.15, -0.1) is 6.08 Å². The summed E-state index contributed by atoms with van der Waals surface area (Å²) in [5.41, 5.74) is 1.90. The molecule has 4 rings (SSSR count). The molecule has 0 bridgehead atoms. The van der Waals surface area contributed by atoms with Crippen molar-refractivity contribution in [2.75, 3.05) is 10.2 Å². The first-order valence-electron chi connectivity index (χ1n) is 6.92. The van der Waals surface area contributed by atoms with Gasteiger partial charge >= 0.3 is 0 Å². The van der Waals surface area contributed by atoms with E-state index in [-0.39, 0.29) is 51.0 Å². The third-order valence-corrected chi connectivity index (χ3v) is 3.59. The Morgan fingerprint density at radius 3 is 2.48 bits per heavy atom. The van der Waals surface area contributed by atoms with Crippen LogP contribution in [0.2, 0.25) is 0 Å². The molecule has 1 aromatic carbocycles. The van der Waals surface area contributed by atoms with Crippen molar-refractivity contribution in [3.8, 4) is 0 Å². The van der Waals surface area contributed by atoms with E-state index in [1.165, 1.54) is 4.68 Å². The van der Waals surface area contributed by atoms with Crippen molar-refractivity contribution in [3.05, 3.63) is 48.5 Å². The number of carbonyl (C=O) groups excluding carboxylic acids is 2. The zero-order valence-corrected chi connectivity index (χ0v) is 14.7. The van der Waals surface area contributed by atoms with E-state index in [0.717, 1.165) is 16.2 Å². The van der Waals surface area contributed by atoms with Crippen molar-refractivity contribution in [1.82, 2.24) is 14.8 Å². The molecule has 0 saturated carbocycles. The van der Waals surface area contributed by atoms with Gasteiger partial charge in [0.15, 0.2) is 0 Å². The van der Waals surface area contributed by atoms with Crippen LogP contribution in [0.3, 0.4) is 0 Å². The Morgan fingerprint density at radius 1 is 1.09 bits per heavy atom. The molecule has 0 unspecified atom stereocenters. The van der Waals surface area contributed by atoms with E-state index in [1.54, 1.807) is 6.54 Å². The fourth-order valence-electron chi connectivity index (χ4n) is 2.49. The second-order valence-corrected chi connectivity index (χ2v) is 5.02. The van der Waals surface area contributed by atoms with Gasteiger partial charge in [-0.25, -0.2) is 9.88 Å². The number of nitrogens with zero attached hydrogens (tertiary/aromatic N) is 4. The van der Waals surface area contributed by atoms with Gasteiger partial charge in [0.25, 0.3) is 0 Å². The number of rotatable bonds is 2. The summed E-state index contributed by atoms with van der Waals surface area (Å²) in [6.45, 7) is 1.75. The van der Waals surface area contributed by atoms with Crippen molar-refractivity contribution >= 4 is 29.4 Å². The van der Waals surface area contributed by atoms with E-state index in [2.05, 4.69) is 15.4 Å². The number of benzene rings is 1. The summed E-state index contributed by atoms with van der Waals surface area (Å²) < 4.78 is 1.51. The van der Waals surface area contributed by atoms with Gasteiger partial charge < -0.3 is 10.00 Å². The average Bonchev–Trinajstić information content (AvgIpc) is 3.10. The average molecular weight is 481 g/mol. The number of fused-ring (bicyclic) bond motifs is 1. The van der Waals surface area contributed by atoms with Gasteiger partial charge in [0.2, 0.25) is 17.8 Å². The van der Waals surface area contributed by atoms with Crippen LogP contribution in [0.4, 0.5) is 11.9 Å². The van der Waals surface area contributed by atoms with Crippen LogP contribution in [-0.2, 0) is 30.0 Å². The van der Waals surface area contributed by atoms with E-state index in [9.17, 15) is 9.59 Å². The van der Waals surface area contributed by atoms with Gasteiger partial charge in [0.1, 0.15) is 5.95 Å². The molecule has 0 aliphatic carbocycles. The van der Waals surface area contributed by atoms with Crippen molar-refractivity contribution in [3.63, 3.8) is 0 Å². The topological polar surface area (TPSA) is 80.1 Å². The minimum atomic E-state index is -0.260. The number of anilines is 2. The molecule has 3 heterocycles.